The van der Waals surface area contributed by atoms with Gasteiger partial charge in [-0.25, -0.2) is 9.48 Å². The monoisotopic (exact) mass is 596 g/mol. The lowest BCUT2D eigenvalue weighted by molar-refractivity contribution is -0.137. The number of halogens is 1. The van der Waals surface area contributed by atoms with Crippen LogP contribution in [0.3, 0.4) is 0 Å². The van der Waals surface area contributed by atoms with Gasteiger partial charge in [-0.1, -0.05) is 55.0 Å². The highest BCUT2D eigenvalue weighted by molar-refractivity contribution is 7.98. The van der Waals surface area contributed by atoms with E-state index in [1.807, 2.05) is 24.3 Å². The second kappa shape index (κ2) is 13.3. The maximum atomic E-state index is 15.5. The van der Waals surface area contributed by atoms with Gasteiger partial charge < -0.3 is 9.47 Å². The van der Waals surface area contributed by atoms with Crippen LogP contribution < -0.4 is 0 Å². The molecule has 0 spiro atoms. The highest BCUT2D eigenvalue weighted by Gasteiger charge is 2.29. The second-order valence-electron chi connectivity index (χ2n) is 11.1. The Bertz CT molecular complexity index is 1660. The smallest absolute Gasteiger partial charge is 0.330 e. The molecule has 0 amide bonds. The Balaban J connectivity index is 1.51. The summed E-state index contributed by atoms with van der Waals surface area (Å²) >= 11 is 1.75. The lowest BCUT2D eigenvalue weighted by atomic mass is 9.73. The highest BCUT2D eigenvalue weighted by Crippen LogP contribution is 2.47. The van der Waals surface area contributed by atoms with Gasteiger partial charge in [0.05, 0.1) is 17.5 Å². The number of allylic oxidation sites excluding steroid dienone is 1. The van der Waals surface area contributed by atoms with Crippen molar-refractivity contribution in [2.24, 2.45) is 5.92 Å². The van der Waals surface area contributed by atoms with Crippen molar-refractivity contribution in [3.8, 4) is 0 Å². The molecule has 2 heterocycles. The Morgan fingerprint density at radius 1 is 1.05 bits per heavy atom. The Kier molecular flexibility index (Phi) is 9.10. The number of carbonyl (C=O) groups excluding carboxylic acids is 1. The molecule has 0 radical (unpaired) electrons. The summed E-state index contributed by atoms with van der Waals surface area (Å²) in [5.41, 5.74) is 7.30. The minimum Gasteiger partial charge on any atom is -0.463 e. The van der Waals surface area contributed by atoms with Crippen LogP contribution in [-0.2, 0) is 14.3 Å². The predicted octanol–water partition coefficient (Wildman–Crippen LogP) is 8.93. The number of esters is 1. The molecular formula is C36H37FN2O3S. The van der Waals surface area contributed by atoms with Crippen molar-refractivity contribution in [1.82, 2.24) is 9.78 Å². The lowest BCUT2D eigenvalue weighted by Gasteiger charge is -2.32. The van der Waals surface area contributed by atoms with Crippen molar-refractivity contribution in [3.63, 3.8) is 0 Å². The second-order valence-corrected chi connectivity index (χ2v) is 12.0. The average molecular weight is 597 g/mol. The topological polar surface area (TPSA) is 53.3 Å². The third-order valence-corrected chi connectivity index (χ3v) is 9.25. The van der Waals surface area contributed by atoms with Gasteiger partial charge in [0.15, 0.2) is 6.23 Å². The minimum absolute atomic E-state index is 0.240. The van der Waals surface area contributed by atoms with Crippen LogP contribution in [0, 0.1) is 11.9 Å². The fraction of sp³-hybridized carbons (Fsp3) is 0.333. The summed E-state index contributed by atoms with van der Waals surface area (Å²) in [6.45, 7) is 2.81. The molecular weight excluding hydrogens is 559 g/mol. The molecule has 0 bridgehead atoms. The van der Waals surface area contributed by atoms with Crippen LogP contribution in [0.1, 0.15) is 73.9 Å². The minimum atomic E-state index is -0.473. The van der Waals surface area contributed by atoms with E-state index in [1.165, 1.54) is 28.5 Å². The van der Waals surface area contributed by atoms with Gasteiger partial charge >= 0.3 is 5.97 Å². The normalized spacial score (nSPS) is 18.1. The van der Waals surface area contributed by atoms with Gasteiger partial charge in [0.2, 0.25) is 5.95 Å². The van der Waals surface area contributed by atoms with Crippen LogP contribution in [0.4, 0.5) is 4.39 Å². The summed E-state index contributed by atoms with van der Waals surface area (Å²) in [6.07, 6.45) is 11.4. The van der Waals surface area contributed by atoms with Crippen LogP contribution in [0.25, 0.3) is 28.1 Å². The largest absolute Gasteiger partial charge is 0.463 e. The maximum absolute atomic E-state index is 15.5. The van der Waals surface area contributed by atoms with Crippen molar-refractivity contribution in [2.75, 3.05) is 19.5 Å². The molecule has 4 aromatic rings. The fourth-order valence-corrected chi connectivity index (χ4v) is 6.72. The van der Waals surface area contributed by atoms with Gasteiger partial charge in [-0.05, 0) is 109 Å². The number of fused-ring (bicyclic) bond motifs is 1. The fourth-order valence-electron chi connectivity index (χ4n) is 6.11. The van der Waals surface area contributed by atoms with Gasteiger partial charge in [-0.15, -0.1) is 16.9 Å². The zero-order chi connectivity index (χ0) is 29.8. The van der Waals surface area contributed by atoms with Gasteiger partial charge in [0.1, 0.15) is 0 Å². The third kappa shape index (κ3) is 6.20. The number of hydrogen-bond donors (Lipinski definition) is 0. The Hall–Kier alpha value is -3.68. The average Bonchev–Trinajstić information content (AvgIpc) is 3.35. The van der Waals surface area contributed by atoms with Crippen LogP contribution in [0.5, 0.6) is 0 Å². The molecule has 6 rings (SSSR count). The number of hydrogen-bond acceptors (Lipinski definition) is 5. The van der Waals surface area contributed by atoms with E-state index in [1.54, 1.807) is 29.4 Å². The summed E-state index contributed by atoms with van der Waals surface area (Å²) in [6, 6.07) is 22.9. The van der Waals surface area contributed by atoms with Crippen LogP contribution in [-0.4, -0.2) is 35.2 Å². The van der Waals surface area contributed by atoms with Gasteiger partial charge in [0.25, 0.3) is 0 Å². The Morgan fingerprint density at radius 2 is 1.84 bits per heavy atom. The van der Waals surface area contributed by atoms with Gasteiger partial charge in [0, 0.05) is 17.6 Å². The van der Waals surface area contributed by atoms with E-state index in [0.717, 1.165) is 59.9 Å². The number of rotatable bonds is 9. The zero-order valence-corrected chi connectivity index (χ0v) is 25.5. The molecule has 1 aromatic heterocycles. The molecule has 5 nitrogen and oxygen atoms in total. The van der Waals surface area contributed by atoms with Gasteiger partial charge in [-0.3, -0.25) is 0 Å². The van der Waals surface area contributed by atoms with E-state index < -0.39 is 5.95 Å². The molecule has 1 unspecified atom stereocenters. The van der Waals surface area contributed by atoms with Crippen molar-refractivity contribution < 1.29 is 18.7 Å². The first kappa shape index (κ1) is 29.4. The molecule has 1 saturated heterocycles. The number of benzene rings is 3. The number of thioether (sulfide) groups is 1. The molecule has 0 N–H and O–H groups in total. The highest BCUT2D eigenvalue weighted by atomic mass is 32.2. The molecule has 1 aliphatic carbocycles. The summed E-state index contributed by atoms with van der Waals surface area (Å²) in [4.78, 5) is 13.1. The Morgan fingerprint density at radius 3 is 2.53 bits per heavy atom. The van der Waals surface area contributed by atoms with Crippen LogP contribution in [0.15, 0.2) is 77.7 Å². The first-order valence-corrected chi connectivity index (χ1v) is 16.4. The SMILES string of the molecule is CCOC(=O)C=Cc1ccc(C(=C(c2ccccc2SC)C2CCC2)c2ccc3c(c2)c(F)nn3C2CCCCO2)cc1. The molecule has 222 valence electrons. The van der Waals surface area contributed by atoms with E-state index in [0.29, 0.717) is 24.5 Å². The molecule has 2 aliphatic rings. The summed E-state index contributed by atoms with van der Waals surface area (Å²) < 4.78 is 28.2. The number of ether oxygens (including phenoxy) is 2. The first-order valence-electron chi connectivity index (χ1n) is 15.2. The van der Waals surface area contributed by atoms with Crippen LogP contribution in [0.2, 0.25) is 0 Å². The van der Waals surface area contributed by atoms with Crippen LogP contribution >= 0.6 is 11.8 Å². The number of aromatic nitrogens is 2. The quantitative estimate of drug-likeness (QED) is 0.0836. The van der Waals surface area contributed by atoms with Gasteiger partial charge in [-0.2, -0.15) is 4.39 Å². The molecule has 3 aromatic carbocycles. The standard InChI is InChI=1S/C36H37FN2O3S/c1-3-41-33(40)21-16-24-14-17-26(18-15-24)34(35(25-9-8-10-25)28-11-4-5-12-31(28)43-2)27-19-20-30-29(23-27)36(37)38-39(30)32-13-6-7-22-42-32/h4-5,11-12,14-21,23,25,32H,3,6-10,13,22H2,1-2H3. The summed E-state index contributed by atoms with van der Waals surface area (Å²) in [5.74, 6) is -0.423. The van der Waals surface area contributed by atoms with Crippen molar-refractivity contribution >= 4 is 45.9 Å². The molecule has 2 fully saturated rings. The van der Waals surface area contributed by atoms with Crippen molar-refractivity contribution in [3.05, 3.63) is 101 Å². The Labute approximate surface area is 256 Å². The van der Waals surface area contributed by atoms with E-state index in [4.69, 9.17) is 9.47 Å². The summed E-state index contributed by atoms with van der Waals surface area (Å²) in [7, 11) is 0. The zero-order valence-electron chi connectivity index (χ0n) is 24.7. The van der Waals surface area contributed by atoms with E-state index >= 15 is 4.39 Å². The lowest BCUT2D eigenvalue weighted by Crippen LogP contribution is -2.19. The van der Waals surface area contributed by atoms with E-state index in [-0.39, 0.29) is 12.2 Å². The molecule has 1 atom stereocenters. The van der Waals surface area contributed by atoms with E-state index in [9.17, 15) is 4.79 Å². The number of nitrogens with zero attached hydrogens (tertiary/aromatic N) is 2. The van der Waals surface area contributed by atoms with Crippen molar-refractivity contribution in [2.45, 2.75) is 56.6 Å². The van der Waals surface area contributed by atoms with Crippen molar-refractivity contribution in [1.29, 1.82) is 0 Å². The maximum Gasteiger partial charge on any atom is 0.330 e. The van der Waals surface area contributed by atoms with E-state index in [2.05, 4.69) is 53.8 Å². The first-order chi connectivity index (χ1) is 21.1. The molecule has 43 heavy (non-hydrogen) atoms. The number of carbonyl (C=O) groups is 1. The molecule has 1 aliphatic heterocycles. The predicted molar refractivity (Wildman–Crippen MR) is 172 cm³/mol. The summed E-state index contributed by atoms with van der Waals surface area (Å²) in [5, 5.41) is 4.80. The third-order valence-electron chi connectivity index (χ3n) is 8.46. The molecule has 1 saturated carbocycles. The molecule has 7 heteroatoms.